The first-order valence-electron chi connectivity index (χ1n) is 8.44. The summed E-state index contributed by atoms with van der Waals surface area (Å²) in [4.78, 5) is 25.6. The van der Waals surface area contributed by atoms with Crippen LogP contribution in [0.15, 0.2) is 60.8 Å². The highest BCUT2D eigenvalue weighted by Crippen LogP contribution is 2.32. The fraction of sp³-hybridized carbons (Fsp3) is 0.150. The van der Waals surface area contributed by atoms with E-state index in [4.69, 9.17) is 4.74 Å². The van der Waals surface area contributed by atoms with Crippen molar-refractivity contribution in [3.8, 4) is 5.75 Å². The number of rotatable bonds is 3. The van der Waals surface area contributed by atoms with E-state index in [9.17, 15) is 14.9 Å². The van der Waals surface area contributed by atoms with Gasteiger partial charge in [-0.25, -0.2) is 0 Å². The molecule has 1 aliphatic rings. The number of methoxy groups -OCH3 is 1. The van der Waals surface area contributed by atoms with Gasteiger partial charge in [-0.2, -0.15) is 0 Å². The molecule has 0 N–H and O–H groups in total. The van der Waals surface area contributed by atoms with Gasteiger partial charge in [0.1, 0.15) is 0 Å². The van der Waals surface area contributed by atoms with Crippen molar-refractivity contribution in [3.05, 3.63) is 87.7 Å². The van der Waals surface area contributed by atoms with Crippen molar-refractivity contribution < 1.29 is 14.5 Å². The van der Waals surface area contributed by atoms with Gasteiger partial charge in [0, 0.05) is 41.8 Å². The van der Waals surface area contributed by atoms with Gasteiger partial charge < -0.3 is 14.2 Å². The molecule has 1 aromatic heterocycles. The van der Waals surface area contributed by atoms with Crippen LogP contribution in [0.3, 0.4) is 0 Å². The van der Waals surface area contributed by atoms with Crippen molar-refractivity contribution in [2.24, 2.45) is 0 Å². The molecule has 3 aromatic rings. The maximum Gasteiger partial charge on any atom is 0.310 e. The molecule has 0 aliphatic carbocycles. The number of amides is 1. The fourth-order valence-corrected chi connectivity index (χ4v) is 3.38. The molecule has 4 rings (SSSR count). The number of aromatic nitrogens is 1. The van der Waals surface area contributed by atoms with Gasteiger partial charge in [0.05, 0.1) is 18.6 Å². The van der Waals surface area contributed by atoms with E-state index >= 15 is 0 Å². The van der Waals surface area contributed by atoms with Crippen LogP contribution in [0.1, 0.15) is 21.6 Å². The second-order valence-electron chi connectivity index (χ2n) is 6.29. The van der Waals surface area contributed by atoms with Gasteiger partial charge in [-0.3, -0.25) is 14.9 Å². The van der Waals surface area contributed by atoms with E-state index in [2.05, 4.69) is 4.57 Å². The summed E-state index contributed by atoms with van der Waals surface area (Å²) < 4.78 is 7.22. The number of nitrogens with zero attached hydrogens (tertiary/aromatic N) is 3. The number of para-hydroxylation sites is 1. The van der Waals surface area contributed by atoms with E-state index in [1.54, 1.807) is 4.90 Å². The Balaban J connectivity index is 1.78. The summed E-state index contributed by atoms with van der Waals surface area (Å²) in [6.45, 7) is 1.11. The van der Waals surface area contributed by atoms with Crippen LogP contribution in [0.2, 0.25) is 0 Å². The average molecular weight is 363 g/mol. The molecule has 1 amide bonds. The molecule has 0 radical (unpaired) electrons. The number of carbonyl (C=O) groups excluding carboxylic acids is 1. The maximum atomic E-state index is 13.3. The van der Waals surface area contributed by atoms with E-state index in [0.29, 0.717) is 18.7 Å². The van der Waals surface area contributed by atoms with Crippen molar-refractivity contribution in [1.29, 1.82) is 0 Å². The Morgan fingerprint density at radius 2 is 1.93 bits per heavy atom. The van der Waals surface area contributed by atoms with E-state index in [0.717, 1.165) is 16.9 Å². The van der Waals surface area contributed by atoms with E-state index in [1.807, 2.05) is 42.6 Å². The molecule has 0 fully saturated rings. The van der Waals surface area contributed by atoms with Gasteiger partial charge in [0.25, 0.3) is 5.91 Å². The average Bonchev–Trinajstić information content (AvgIpc) is 3.05. The van der Waals surface area contributed by atoms with Crippen LogP contribution < -0.4 is 9.64 Å². The molecule has 0 saturated carbocycles. The first-order chi connectivity index (χ1) is 13.1. The molecule has 0 unspecified atom stereocenters. The summed E-state index contributed by atoms with van der Waals surface area (Å²) in [6, 6.07) is 15.9. The molecular weight excluding hydrogens is 346 g/mol. The monoisotopic (exact) mass is 363 g/mol. The Morgan fingerprint density at radius 3 is 2.70 bits per heavy atom. The van der Waals surface area contributed by atoms with Crippen molar-refractivity contribution in [2.45, 2.75) is 13.1 Å². The summed E-state index contributed by atoms with van der Waals surface area (Å²) in [5.74, 6) is -0.164. The molecule has 7 heteroatoms. The number of benzene rings is 2. The van der Waals surface area contributed by atoms with Gasteiger partial charge in [-0.05, 0) is 29.8 Å². The van der Waals surface area contributed by atoms with E-state index in [1.165, 1.54) is 25.3 Å². The molecule has 136 valence electrons. The zero-order chi connectivity index (χ0) is 19.0. The number of nitro benzene ring substituents is 1. The number of ether oxygens (including phenoxy) is 1. The van der Waals surface area contributed by atoms with Gasteiger partial charge in [-0.1, -0.05) is 18.2 Å². The minimum absolute atomic E-state index is 0.0670. The minimum Gasteiger partial charge on any atom is -0.490 e. The summed E-state index contributed by atoms with van der Waals surface area (Å²) in [5, 5.41) is 11.1. The minimum atomic E-state index is -0.527. The molecule has 0 atom stereocenters. The van der Waals surface area contributed by atoms with Gasteiger partial charge in [-0.15, -0.1) is 0 Å². The zero-order valence-electron chi connectivity index (χ0n) is 14.7. The molecular formula is C20H17N3O4. The number of fused-ring (bicyclic) bond motifs is 2. The molecule has 0 saturated heterocycles. The van der Waals surface area contributed by atoms with Crippen LogP contribution in [0.5, 0.6) is 5.75 Å². The van der Waals surface area contributed by atoms with Crippen LogP contribution in [0, 0.1) is 10.1 Å². The zero-order valence-corrected chi connectivity index (χ0v) is 14.7. The second-order valence-corrected chi connectivity index (χ2v) is 6.29. The predicted molar refractivity (Wildman–Crippen MR) is 100 cm³/mol. The lowest BCUT2D eigenvalue weighted by atomic mass is 10.1. The normalized spacial score (nSPS) is 12.7. The molecule has 2 aromatic carbocycles. The molecule has 0 spiro atoms. The van der Waals surface area contributed by atoms with Crippen LogP contribution in [-0.4, -0.2) is 22.5 Å². The van der Waals surface area contributed by atoms with Crippen molar-refractivity contribution in [1.82, 2.24) is 4.57 Å². The summed E-state index contributed by atoms with van der Waals surface area (Å²) in [7, 11) is 1.35. The summed E-state index contributed by atoms with van der Waals surface area (Å²) in [6.07, 6.45) is 2.00. The quantitative estimate of drug-likeness (QED) is 0.526. The standard InChI is InChI=1S/C20H17N3O4/c1-27-19-11-14(8-9-18(19)23(25)26)20(24)22-13-16-6-4-10-21(16)12-15-5-2-3-7-17(15)22/h2-11H,12-13H2,1H3. The molecule has 1 aliphatic heterocycles. The lowest BCUT2D eigenvalue weighted by Gasteiger charge is -2.23. The topological polar surface area (TPSA) is 77.6 Å². The molecule has 0 bridgehead atoms. The number of hydrogen-bond donors (Lipinski definition) is 0. The molecule has 27 heavy (non-hydrogen) atoms. The largest absolute Gasteiger partial charge is 0.490 e. The number of carbonyl (C=O) groups is 1. The van der Waals surface area contributed by atoms with Crippen molar-refractivity contribution >= 4 is 17.3 Å². The highest BCUT2D eigenvalue weighted by molar-refractivity contribution is 6.07. The summed E-state index contributed by atoms with van der Waals surface area (Å²) >= 11 is 0. The third kappa shape index (κ3) is 2.93. The van der Waals surface area contributed by atoms with Crippen LogP contribution in [0.25, 0.3) is 0 Å². The van der Waals surface area contributed by atoms with E-state index in [-0.39, 0.29) is 17.3 Å². The van der Waals surface area contributed by atoms with Crippen LogP contribution >= 0.6 is 0 Å². The Labute approximate surface area is 155 Å². The Morgan fingerprint density at radius 1 is 1.11 bits per heavy atom. The third-order valence-corrected chi connectivity index (χ3v) is 4.74. The van der Waals surface area contributed by atoms with Crippen molar-refractivity contribution in [2.75, 3.05) is 12.0 Å². The Bertz CT molecular complexity index is 1040. The fourth-order valence-electron chi connectivity index (χ4n) is 3.38. The van der Waals surface area contributed by atoms with Crippen molar-refractivity contribution in [3.63, 3.8) is 0 Å². The highest BCUT2D eigenvalue weighted by Gasteiger charge is 2.26. The maximum absolute atomic E-state index is 13.3. The van der Waals surface area contributed by atoms with Gasteiger partial charge >= 0.3 is 5.69 Å². The highest BCUT2D eigenvalue weighted by atomic mass is 16.6. The summed E-state index contributed by atoms with van der Waals surface area (Å²) in [5.41, 5.74) is 3.07. The van der Waals surface area contributed by atoms with Crippen LogP contribution in [-0.2, 0) is 13.1 Å². The smallest absolute Gasteiger partial charge is 0.310 e. The number of hydrogen-bond acceptors (Lipinski definition) is 4. The third-order valence-electron chi connectivity index (χ3n) is 4.74. The second kappa shape index (κ2) is 6.60. The Hall–Kier alpha value is -3.61. The number of nitro groups is 1. The molecule has 7 nitrogen and oxygen atoms in total. The lowest BCUT2D eigenvalue weighted by molar-refractivity contribution is -0.385. The predicted octanol–water partition coefficient (Wildman–Crippen LogP) is 3.61. The number of anilines is 1. The SMILES string of the molecule is COc1cc(C(=O)N2Cc3cccn3Cc3ccccc32)ccc1[N+](=O)[O-]. The Kier molecular flexibility index (Phi) is 4.12. The van der Waals surface area contributed by atoms with Crippen LogP contribution in [0.4, 0.5) is 11.4 Å². The van der Waals surface area contributed by atoms with E-state index < -0.39 is 4.92 Å². The first-order valence-corrected chi connectivity index (χ1v) is 8.44. The molecule has 2 heterocycles. The first kappa shape index (κ1) is 16.8. The lowest BCUT2D eigenvalue weighted by Crippen LogP contribution is -2.30. The van der Waals surface area contributed by atoms with Gasteiger partial charge in [0.2, 0.25) is 0 Å². The van der Waals surface area contributed by atoms with Gasteiger partial charge in [0.15, 0.2) is 5.75 Å².